The Morgan fingerprint density at radius 2 is 1.56 bits per heavy atom. The molecule has 47 valence electrons. The van der Waals surface area contributed by atoms with Crippen LogP contribution >= 0.6 is 12.4 Å². The molecule has 1 heterocycles. The van der Waals surface area contributed by atoms with E-state index in [0.29, 0.717) is 0 Å². The smallest absolute Gasteiger partial charge is 0.0267 e. The molecule has 0 aliphatic heterocycles. The Bertz CT molecular complexity index is 105. The standard InChI is InChI=1S/C5H5N.Al.ClH.O/c1-2-4-6-5-3-1;;;/h1-5H;;1H;/p+1. The van der Waals surface area contributed by atoms with Crippen molar-refractivity contribution in [3.8, 4) is 0 Å². The van der Waals surface area contributed by atoms with E-state index in [0.717, 1.165) is 0 Å². The van der Waals surface area contributed by atoms with Crippen LogP contribution in [0.1, 0.15) is 1.43 Å². The molecule has 0 fully saturated rings. The van der Waals surface area contributed by atoms with Crippen LogP contribution in [0, 0.1) is 0 Å². The van der Waals surface area contributed by atoms with Gasteiger partial charge in [0.25, 0.3) is 0 Å². The molecule has 1 aromatic heterocycles. The summed E-state index contributed by atoms with van der Waals surface area (Å²) in [7, 11) is 0. The molecule has 0 saturated heterocycles. The van der Waals surface area contributed by atoms with E-state index < -0.39 is 0 Å². The summed E-state index contributed by atoms with van der Waals surface area (Å²) in [5.41, 5.74) is 0. The first-order chi connectivity index (χ1) is 4.00. The molecule has 1 rings (SSSR count). The second-order valence-electron chi connectivity index (χ2n) is 1.02. The van der Waals surface area contributed by atoms with Crippen LogP contribution in [0.3, 0.4) is 0 Å². The van der Waals surface area contributed by atoms with Gasteiger partial charge in [-0.3, -0.25) is 4.98 Å². The van der Waals surface area contributed by atoms with E-state index in [1.165, 1.54) is 16.2 Å². The second-order valence-corrected chi connectivity index (χ2v) is 1.02. The minimum atomic E-state index is 0. The first-order valence-corrected chi connectivity index (χ1v) is 2.56. The van der Waals surface area contributed by atoms with Gasteiger partial charge in [0, 0.05) is 12.4 Å². The number of aromatic nitrogens is 1. The van der Waals surface area contributed by atoms with E-state index in [9.17, 15) is 0 Å². The van der Waals surface area contributed by atoms with E-state index in [2.05, 4.69) is 4.98 Å². The predicted octanol–water partition coefficient (Wildman–Crippen LogP) is 1.12. The molecule has 2 nitrogen and oxygen atoms in total. The maximum absolute atomic E-state index is 8.17. The Hall–Kier alpha value is -0.228. The number of hydrogen-bond acceptors (Lipinski definition) is 2. The van der Waals surface area contributed by atoms with Crippen LogP contribution < -0.4 is 0 Å². The van der Waals surface area contributed by atoms with Gasteiger partial charge < -0.3 is 0 Å². The summed E-state index contributed by atoms with van der Waals surface area (Å²) in [6.07, 6.45) is 3.50. The zero-order chi connectivity index (χ0) is 6.24. The molecule has 0 aliphatic carbocycles. The van der Waals surface area contributed by atoms with Gasteiger partial charge in [-0.25, -0.2) is 0 Å². The van der Waals surface area contributed by atoms with E-state index in [1.807, 2.05) is 18.2 Å². The van der Waals surface area contributed by atoms with Gasteiger partial charge >= 0.3 is 21.5 Å². The molecular formula is C5H7AlClNO+. The summed E-state index contributed by atoms with van der Waals surface area (Å²) in [5.74, 6) is 0. The number of halogens is 1. The van der Waals surface area contributed by atoms with Gasteiger partial charge in [0.2, 0.25) is 0 Å². The molecule has 4 heteroatoms. The topological polar surface area (TPSA) is 30.0 Å². The van der Waals surface area contributed by atoms with Crippen molar-refractivity contribution in [1.82, 2.24) is 4.98 Å². The Morgan fingerprint density at radius 3 is 1.67 bits per heavy atom. The third-order valence-corrected chi connectivity index (χ3v) is 0.566. The minimum Gasteiger partial charge on any atom is -0.265 e. The van der Waals surface area contributed by atoms with Crippen molar-refractivity contribution in [2.75, 3.05) is 0 Å². The van der Waals surface area contributed by atoms with Crippen molar-refractivity contribution >= 4 is 28.6 Å². The van der Waals surface area contributed by atoms with Gasteiger partial charge in [-0.05, 0) is 12.1 Å². The third-order valence-electron chi connectivity index (χ3n) is 0.566. The van der Waals surface area contributed by atoms with Crippen LogP contribution in [0.5, 0.6) is 0 Å². The van der Waals surface area contributed by atoms with E-state index >= 15 is 0 Å². The average Bonchev–Trinajstić information content (AvgIpc) is 1.96. The van der Waals surface area contributed by atoms with Gasteiger partial charge in [-0.2, -0.15) is 0 Å². The quantitative estimate of drug-likeness (QED) is 0.531. The van der Waals surface area contributed by atoms with Gasteiger partial charge in [0.1, 0.15) is 0 Å². The molecule has 0 bridgehead atoms. The van der Waals surface area contributed by atoms with Crippen molar-refractivity contribution in [3.63, 3.8) is 0 Å². The van der Waals surface area contributed by atoms with Crippen molar-refractivity contribution in [1.29, 1.82) is 0 Å². The summed E-state index contributed by atoms with van der Waals surface area (Å²) in [6.45, 7) is 0. The summed E-state index contributed by atoms with van der Waals surface area (Å²) in [4.78, 5) is 3.78. The Morgan fingerprint density at radius 1 is 1.11 bits per heavy atom. The maximum atomic E-state index is 8.17. The van der Waals surface area contributed by atoms with Gasteiger partial charge in [0.05, 0.1) is 0 Å². The predicted molar refractivity (Wildman–Crippen MR) is 39.0 cm³/mol. The minimum absolute atomic E-state index is 0. The zero-order valence-electron chi connectivity index (χ0n) is 5.73. The molecule has 0 N–H and O–H groups in total. The number of rotatable bonds is 0. The third kappa shape index (κ3) is 7.77. The average molecular weight is 160 g/mol. The Labute approximate surface area is 69.8 Å². The van der Waals surface area contributed by atoms with Crippen molar-refractivity contribution in [3.05, 3.63) is 30.6 Å². The summed E-state index contributed by atoms with van der Waals surface area (Å²) < 4.78 is 8.17. The van der Waals surface area contributed by atoms with Crippen LogP contribution in [0.4, 0.5) is 0 Å². The van der Waals surface area contributed by atoms with Crippen LogP contribution in [-0.4, -0.2) is 21.2 Å². The monoisotopic (exact) mass is 159 g/mol. The molecule has 0 amide bonds. The number of nitrogens with zero attached hydrogens (tertiary/aromatic N) is 1. The first kappa shape index (κ1) is 11.6. The van der Waals surface area contributed by atoms with Gasteiger partial charge in [-0.1, -0.05) is 6.07 Å². The molecule has 0 aliphatic rings. The van der Waals surface area contributed by atoms with Gasteiger partial charge in [0.15, 0.2) is 0 Å². The molecular weight excluding hydrogens is 152 g/mol. The molecule has 0 unspecified atom stereocenters. The molecule has 0 saturated carbocycles. The molecule has 9 heavy (non-hydrogen) atoms. The van der Waals surface area contributed by atoms with Crippen LogP contribution in [0.2, 0.25) is 0 Å². The van der Waals surface area contributed by atoms with Crippen LogP contribution in [0.15, 0.2) is 30.6 Å². The summed E-state index contributed by atoms with van der Waals surface area (Å²) in [6, 6.07) is 5.72. The van der Waals surface area contributed by atoms with Crippen molar-refractivity contribution in [2.24, 2.45) is 0 Å². The normalized spacial score (nSPS) is 5.67. The molecule has 0 spiro atoms. The maximum Gasteiger partial charge on any atom is 0.0267 e. The van der Waals surface area contributed by atoms with Crippen LogP contribution in [-0.2, 0) is 3.80 Å². The van der Waals surface area contributed by atoms with E-state index in [1.54, 1.807) is 12.4 Å². The fourth-order valence-corrected chi connectivity index (χ4v) is 0.313. The first-order valence-electron chi connectivity index (χ1n) is 2.09. The van der Waals surface area contributed by atoms with Crippen LogP contribution in [0.25, 0.3) is 0 Å². The fraction of sp³-hybridized carbons (Fsp3) is 0. The van der Waals surface area contributed by atoms with E-state index in [-0.39, 0.29) is 13.8 Å². The Kier molecular flexibility index (Phi) is 13.7. The van der Waals surface area contributed by atoms with Crippen molar-refractivity contribution in [2.45, 2.75) is 0 Å². The molecule has 1 radical (unpaired) electrons. The number of hydrogen-bond donors (Lipinski definition) is 0. The van der Waals surface area contributed by atoms with E-state index in [4.69, 9.17) is 3.80 Å². The van der Waals surface area contributed by atoms with Crippen molar-refractivity contribution < 1.29 is 5.23 Å². The largest absolute Gasteiger partial charge is 0.265 e. The molecule has 1 aromatic rings. The van der Waals surface area contributed by atoms with Gasteiger partial charge in [-0.15, -0.1) is 12.4 Å². The molecule has 0 aromatic carbocycles. The fourth-order valence-electron chi connectivity index (χ4n) is 0.313. The summed E-state index contributed by atoms with van der Waals surface area (Å²) in [5, 5.41) is 0. The zero-order valence-corrected chi connectivity index (χ0v) is 6.70. The second kappa shape index (κ2) is 10.7. The SMILES string of the molecule is Cl.[H+].[O]=[Al].c1ccncc1. The summed E-state index contributed by atoms with van der Waals surface area (Å²) >= 11 is 1.17. The number of pyridine rings is 1. The Balaban J connectivity index is -0.000000114. The molecule has 0 atom stereocenters.